The Labute approximate surface area is 80.9 Å². The van der Waals surface area contributed by atoms with Crippen molar-refractivity contribution in [1.29, 1.82) is 5.26 Å². The van der Waals surface area contributed by atoms with Crippen molar-refractivity contribution in [3.8, 4) is 11.8 Å². The van der Waals surface area contributed by atoms with Gasteiger partial charge in [-0.2, -0.15) is 5.26 Å². The monoisotopic (exact) mass is 192 g/mol. The minimum absolute atomic E-state index is 0.00838. The maximum atomic E-state index is 11.2. The normalized spacial score (nSPS) is 8.93. The van der Waals surface area contributed by atoms with Crippen LogP contribution >= 0.6 is 0 Å². The number of rotatable bonds is 2. The Balaban J connectivity index is 3.23. The lowest BCUT2D eigenvalue weighted by atomic mass is 10.3. The molecule has 5 nitrogen and oxygen atoms in total. The summed E-state index contributed by atoms with van der Waals surface area (Å²) >= 11 is 0. The Hall–Kier alpha value is -2.09. The highest BCUT2D eigenvalue weighted by Crippen LogP contribution is 2.16. The smallest absolute Gasteiger partial charge is 0.360 e. The Morgan fingerprint density at radius 1 is 1.50 bits per heavy atom. The predicted octanol–water partition coefficient (Wildman–Crippen LogP) is 0.748. The number of esters is 1. The minimum Gasteiger partial charge on any atom is -0.494 e. The summed E-state index contributed by atoms with van der Waals surface area (Å²) in [6.45, 7) is 0. The van der Waals surface area contributed by atoms with Crippen LogP contribution < -0.4 is 4.74 Å². The molecule has 1 heterocycles. The fraction of sp³-hybridized carbons (Fsp3) is 0.222. The lowest BCUT2D eigenvalue weighted by Crippen LogP contribution is -2.07. The van der Waals surface area contributed by atoms with E-state index in [1.807, 2.05) is 6.07 Å². The first-order valence-electron chi connectivity index (χ1n) is 3.76. The van der Waals surface area contributed by atoms with Crippen molar-refractivity contribution in [2.45, 2.75) is 0 Å². The molecule has 0 radical (unpaired) electrons. The first-order chi connectivity index (χ1) is 6.72. The topological polar surface area (TPSA) is 72.2 Å². The van der Waals surface area contributed by atoms with Gasteiger partial charge in [0.2, 0.25) is 0 Å². The highest BCUT2D eigenvalue weighted by molar-refractivity contribution is 5.90. The van der Waals surface area contributed by atoms with E-state index in [2.05, 4.69) is 9.72 Å². The molecule has 1 aromatic heterocycles. The second-order valence-electron chi connectivity index (χ2n) is 2.35. The third kappa shape index (κ3) is 1.80. The van der Waals surface area contributed by atoms with Crippen LogP contribution in [-0.2, 0) is 4.74 Å². The predicted molar refractivity (Wildman–Crippen MR) is 46.8 cm³/mol. The molecule has 0 aliphatic heterocycles. The van der Waals surface area contributed by atoms with Crippen molar-refractivity contribution < 1.29 is 14.3 Å². The molecule has 1 rings (SSSR count). The van der Waals surface area contributed by atoms with Gasteiger partial charge in [-0.05, 0) is 12.1 Å². The van der Waals surface area contributed by atoms with E-state index in [4.69, 9.17) is 10.00 Å². The molecule has 14 heavy (non-hydrogen) atoms. The van der Waals surface area contributed by atoms with Crippen molar-refractivity contribution in [2.75, 3.05) is 14.2 Å². The van der Waals surface area contributed by atoms with Crippen molar-refractivity contribution in [3.05, 3.63) is 23.5 Å². The Morgan fingerprint density at radius 3 is 2.71 bits per heavy atom. The number of hydrogen-bond acceptors (Lipinski definition) is 5. The van der Waals surface area contributed by atoms with Crippen LogP contribution in [0.1, 0.15) is 16.2 Å². The number of carbonyl (C=O) groups is 1. The first-order valence-corrected chi connectivity index (χ1v) is 3.76. The molecular weight excluding hydrogens is 184 g/mol. The van der Waals surface area contributed by atoms with E-state index in [9.17, 15) is 4.79 Å². The maximum Gasteiger partial charge on any atom is 0.360 e. The number of carbonyl (C=O) groups excluding carboxylic acids is 1. The number of nitriles is 1. The van der Waals surface area contributed by atoms with Gasteiger partial charge >= 0.3 is 5.97 Å². The van der Waals surface area contributed by atoms with Crippen LogP contribution in [-0.4, -0.2) is 25.2 Å². The van der Waals surface area contributed by atoms with E-state index in [0.29, 0.717) is 0 Å². The molecule has 0 spiro atoms. The molecule has 0 fully saturated rings. The summed E-state index contributed by atoms with van der Waals surface area (Å²) in [5.41, 5.74) is 0.153. The summed E-state index contributed by atoms with van der Waals surface area (Å²) in [5.74, 6) is -0.338. The number of ether oxygens (including phenoxy) is 2. The molecule has 0 bridgehead atoms. The van der Waals surface area contributed by atoms with Crippen molar-refractivity contribution in [1.82, 2.24) is 4.98 Å². The van der Waals surface area contributed by atoms with Gasteiger partial charge in [-0.15, -0.1) is 0 Å². The molecule has 0 aliphatic carbocycles. The summed E-state index contributed by atoms with van der Waals surface area (Å²) in [4.78, 5) is 15.0. The van der Waals surface area contributed by atoms with Gasteiger partial charge in [0.05, 0.1) is 14.2 Å². The lowest BCUT2D eigenvalue weighted by molar-refractivity contribution is 0.0590. The highest BCUT2D eigenvalue weighted by Gasteiger charge is 2.15. The third-order valence-corrected chi connectivity index (χ3v) is 1.57. The van der Waals surface area contributed by atoms with Crippen LogP contribution in [0, 0.1) is 11.3 Å². The zero-order valence-corrected chi connectivity index (χ0v) is 7.77. The summed E-state index contributed by atoms with van der Waals surface area (Å²) in [6, 6.07) is 4.78. The van der Waals surface area contributed by atoms with Gasteiger partial charge in [-0.1, -0.05) is 0 Å². The van der Waals surface area contributed by atoms with Gasteiger partial charge in [0.1, 0.15) is 11.8 Å². The molecule has 0 amide bonds. The van der Waals surface area contributed by atoms with Crippen LogP contribution in [0.25, 0.3) is 0 Å². The fourth-order valence-corrected chi connectivity index (χ4v) is 0.916. The molecule has 0 saturated heterocycles. The van der Waals surface area contributed by atoms with E-state index in [-0.39, 0.29) is 17.1 Å². The molecule has 0 aliphatic rings. The summed E-state index contributed by atoms with van der Waals surface area (Å²) < 4.78 is 9.38. The lowest BCUT2D eigenvalue weighted by Gasteiger charge is -2.04. The summed E-state index contributed by atoms with van der Waals surface area (Å²) in [6.07, 6.45) is 0. The van der Waals surface area contributed by atoms with E-state index in [1.165, 1.54) is 26.4 Å². The maximum absolute atomic E-state index is 11.2. The van der Waals surface area contributed by atoms with Gasteiger partial charge in [0.15, 0.2) is 11.4 Å². The van der Waals surface area contributed by atoms with Crippen LogP contribution in [0.2, 0.25) is 0 Å². The Morgan fingerprint density at radius 2 is 2.21 bits per heavy atom. The molecule has 1 aromatic rings. The van der Waals surface area contributed by atoms with Crippen molar-refractivity contribution in [2.24, 2.45) is 0 Å². The van der Waals surface area contributed by atoms with Crippen LogP contribution in [0.15, 0.2) is 12.1 Å². The molecule has 0 unspecified atom stereocenters. The number of aromatic nitrogens is 1. The second kappa shape index (κ2) is 4.23. The van der Waals surface area contributed by atoms with Crippen LogP contribution in [0.3, 0.4) is 0 Å². The Kier molecular flexibility index (Phi) is 3.02. The van der Waals surface area contributed by atoms with Crippen molar-refractivity contribution in [3.63, 3.8) is 0 Å². The molecule has 0 aromatic carbocycles. The summed E-state index contributed by atoms with van der Waals surface area (Å²) in [7, 11) is 2.65. The third-order valence-electron chi connectivity index (χ3n) is 1.57. The van der Waals surface area contributed by atoms with E-state index in [0.717, 1.165) is 0 Å². The average molecular weight is 192 g/mol. The fourth-order valence-electron chi connectivity index (χ4n) is 0.916. The molecule has 72 valence electrons. The van der Waals surface area contributed by atoms with E-state index >= 15 is 0 Å². The van der Waals surface area contributed by atoms with Gasteiger partial charge in [0, 0.05) is 0 Å². The number of hydrogen-bond donors (Lipinski definition) is 0. The Bertz CT molecular complexity index is 396. The zero-order chi connectivity index (χ0) is 10.6. The number of pyridine rings is 1. The van der Waals surface area contributed by atoms with Crippen molar-refractivity contribution >= 4 is 5.97 Å². The largest absolute Gasteiger partial charge is 0.494 e. The average Bonchev–Trinajstić information content (AvgIpc) is 2.27. The zero-order valence-electron chi connectivity index (χ0n) is 7.77. The molecule has 0 N–H and O–H groups in total. The van der Waals surface area contributed by atoms with Gasteiger partial charge < -0.3 is 9.47 Å². The number of methoxy groups -OCH3 is 2. The second-order valence-corrected chi connectivity index (χ2v) is 2.35. The van der Waals surface area contributed by atoms with E-state index in [1.54, 1.807) is 0 Å². The van der Waals surface area contributed by atoms with Gasteiger partial charge in [-0.25, -0.2) is 9.78 Å². The minimum atomic E-state index is -0.626. The van der Waals surface area contributed by atoms with Gasteiger partial charge in [-0.3, -0.25) is 0 Å². The standard InChI is InChI=1S/C9H8N2O3/c1-13-7-4-3-6(5-10)11-8(7)9(12)14-2/h3-4H,1-2H3. The number of nitrogens with zero attached hydrogens (tertiary/aromatic N) is 2. The highest BCUT2D eigenvalue weighted by atomic mass is 16.5. The molecule has 5 heteroatoms. The molecular formula is C9H8N2O3. The molecule has 0 atom stereocenters. The van der Waals surface area contributed by atoms with E-state index < -0.39 is 5.97 Å². The first kappa shape index (κ1) is 9.99. The van der Waals surface area contributed by atoms with Crippen LogP contribution in [0.4, 0.5) is 0 Å². The SMILES string of the molecule is COC(=O)c1nc(C#N)ccc1OC. The molecule has 0 saturated carbocycles. The summed E-state index contributed by atoms with van der Waals surface area (Å²) in [5, 5.41) is 8.57. The quantitative estimate of drug-likeness (QED) is 0.646. The van der Waals surface area contributed by atoms with Gasteiger partial charge in [0.25, 0.3) is 0 Å². The van der Waals surface area contributed by atoms with Crippen LogP contribution in [0.5, 0.6) is 5.75 Å².